The van der Waals surface area contributed by atoms with Crippen molar-refractivity contribution in [3.63, 3.8) is 0 Å². The summed E-state index contributed by atoms with van der Waals surface area (Å²) >= 11 is 0. The summed E-state index contributed by atoms with van der Waals surface area (Å²) in [6.07, 6.45) is 1.35. The van der Waals surface area contributed by atoms with Gasteiger partial charge in [-0.05, 0) is 109 Å². The fourth-order valence-corrected chi connectivity index (χ4v) is 7.98. The molecule has 4 aromatic carbocycles. The van der Waals surface area contributed by atoms with Crippen LogP contribution in [0.15, 0.2) is 72.8 Å². The molecule has 5 N–H and O–H groups in total. The molecule has 1 fully saturated rings. The monoisotopic (exact) mass is 846 g/mol. The number of imidazole rings is 2. The number of hydrogen-bond donors (Lipinski definition) is 5. The maximum atomic E-state index is 13.7. The molecule has 2 aromatic heterocycles. The van der Waals surface area contributed by atoms with Crippen LogP contribution < -0.4 is 16.0 Å². The van der Waals surface area contributed by atoms with E-state index in [1.807, 2.05) is 12.1 Å². The van der Waals surface area contributed by atoms with E-state index in [2.05, 4.69) is 91.3 Å². The van der Waals surface area contributed by atoms with Crippen LogP contribution in [0, 0.1) is 0 Å². The number of fused-ring (bicyclic) bond motifs is 3. The Morgan fingerprint density at radius 3 is 1.87 bits per heavy atom. The van der Waals surface area contributed by atoms with E-state index in [0.29, 0.717) is 18.9 Å². The van der Waals surface area contributed by atoms with Crippen molar-refractivity contribution in [2.75, 3.05) is 41.5 Å². The SMILES string of the molecule is COC(=O)NC(C(=O)NCCCCc1nc2ccc(-c3ccc4cc(-c5ccc6nc(C7CCCN7C(=O)C(NC(=O)OC)C(C)OC)[nH]c6c5)ccc4c3)cc2[nH]1)C(C)OC. The minimum Gasteiger partial charge on any atom is -0.453 e. The normalized spacial score (nSPS) is 15.9. The van der Waals surface area contributed by atoms with Crippen LogP contribution in [0.2, 0.25) is 0 Å². The molecule has 3 heterocycles. The first-order chi connectivity index (χ1) is 30.0. The van der Waals surface area contributed by atoms with Crippen LogP contribution in [0.1, 0.15) is 57.2 Å². The van der Waals surface area contributed by atoms with Gasteiger partial charge in [0.25, 0.3) is 0 Å². The summed E-state index contributed by atoms with van der Waals surface area (Å²) < 4.78 is 20.1. The molecule has 5 atom stereocenters. The largest absolute Gasteiger partial charge is 0.453 e. The third-order valence-corrected chi connectivity index (χ3v) is 11.7. The molecular formula is C46H54N8O8. The molecule has 7 rings (SSSR count). The molecule has 0 radical (unpaired) electrons. The van der Waals surface area contributed by atoms with Gasteiger partial charge >= 0.3 is 12.2 Å². The summed E-state index contributed by atoms with van der Waals surface area (Å²) in [5, 5.41) is 10.3. The van der Waals surface area contributed by atoms with Crippen LogP contribution in [0.4, 0.5) is 9.59 Å². The summed E-state index contributed by atoms with van der Waals surface area (Å²) in [7, 11) is 5.49. The number of aromatic nitrogens is 4. The number of nitrogens with one attached hydrogen (secondary N) is 5. The smallest absolute Gasteiger partial charge is 0.407 e. The van der Waals surface area contributed by atoms with E-state index in [9.17, 15) is 19.2 Å². The van der Waals surface area contributed by atoms with Crippen molar-refractivity contribution in [1.82, 2.24) is 40.8 Å². The molecule has 16 heteroatoms. The second kappa shape index (κ2) is 19.5. The molecule has 326 valence electrons. The molecule has 1 saturated heterocycles. The Balaban J connectivity index is 0.989. The quantitative estimate of drug-likeness (QED) is 0.0666. The van der Waals surface area contributed by atoms with Gasteiger partial charge < -0.3 is 49.8 Å². The van der Waals surface area contributed by atoms with Crippen molar-refractivity contribution in [1.29, 1.82) is 0 Å². The second-order valence-electron chi connectivity index (χ2n) is 15.6. The first-order valence-corrected chi connectivity index (χ1v) is 20.9. The molecule has 1 aliphatic rings. The lowest BCUT2D eigenvalue weighted by atomic mass is 9.97. The lowest BCUT2D eigenvalue weighted by Crippen LogP contribution is -2.54. The molecule has 0 spiro atoms. The third kappa shape index (κ3) is 9.66. The average molecular weight is 847 g/mol. The molecule has 5 unspecified atom stereocenters. The number of methoxy groups -OCH3 is 4. The molecule has 0 bridgehead atoms. The van der Waals surface area contributed by atoms with Gasteiger partial charge in [-0.1, -0.05) is 36.4 Å². The summed E-state index contributed by atoms with van der Waals surface area (Å²) in [6, 6.07) is 23.3. The lowest BCUT2D eigenvalue weighted by Gasteiger charge is -2.30. The number of unbranched alkanes of at least 4 members (excludes halogenated alkanes) is 1. The molecule has 6 aromatic rings. The number of likely N-dealkylation sites (tertiary alicyclic amines) is 1. The zero-order valence-electron chi connectivity index (χ0n) is 35.9. The van der Waals surface area contributed by atoms with E-state index in [1.165, 1.54) is 28.4 Å². The number of nitrogens with zero attached hydrogens (tertiary/aromatic N) is 3. The van der Waals surface area contributed by atoms with E-state index >= 15 is 0 Å². The van der Waals surface area contributed by atoms with Crippen molar-refractivity contribution in [2.24, 2.45) is 0 Å². The van der Waals surface area contributed by atoms with Crippen LogP contribution in [0.25, 0.3) is 55.1 Å². The number of aryl methyl sites for hydroxylation is 1. The number of carbonyl (C=O) groups is 4. The van der Waals surface area contributed by atoms with Gasteiger partial charge in [0.05, 0.1) is 54.5 Å². The Bertz CT molecular complexity index is 2570. The van der Waals surface area contributed by atoms with Crippen LogP contribution >= 0.6 is 0 Å². The second-order valence-corrected chi connectivity index (χ2v) is 15.6. The zero-order valence-corrected chi connectivity index (χ0v) is 35.9. The van der Waals surface area contributed by atoms with Gasteiger partial charge in [-0.15, -0.1) is 0 Å². The highest BCUT2D eigenvalue weighted by Crippen LogP contribution is 2.35. The van der Waals surface area contributed by atoms with Crippen molar-refractivity contribution >= 4 is 56.8 Å². The molecule has 0 aliphatic carbocycles. The van der Waals surface area contributed by atoms with Crippen LogP contribution in [0.3, 0.4) is 0 Å². The molecular weight excluding hydrogens is 793 g/mol. The predicted octanol–water partition coefficient (Wildman–Crippen LogP) is 6.55. The number of H-pyrrole nitrogens is 2. The Hall–Kier alpha value is -6.52. The Kier molecular flexibility index (Phi) is 13.7. The van der Waals surface area contributed by atoms with Gasteiger partial charge in [-0.3, -0.25) is 9.59 Å². The Labute approximate surface area is 359 Å². The fraction of sp³-hybridized carbons (Fsp3) is 0.391. The Morgan fingerprint density at radius 2 is 1.26 bits per heavy atom. The van der Waals surface area contributed by atoms with Crippen molar-refractivity contribution < 1.29 is 38.1 Å². The minimum absolute atomic E-state index is 0.242. The lowest BCUT2D eigenvalue weighted by molar-refractivity contribution is -0.137. The van der Waals surface area contributed by atoms with Crippen molar-refractivity contribution in [2.45, 2.75) is 76.3 Å². The first-order valence-electron chi connectivity index (χ1n) is 20.9. The summed E-state index contributed by atoms with van der Waals surface area (Å²) in [6.45, 7) is 4.44. The van der Waals surface area contributed by atoms with Crippen LogP contribution in [0.5, 0.6) is 0 Å². The highest BCUT2D eigenvalue weighted by Gasteiger charge is 2.39. The number of rotatable bonds is 16. The number of amides is 4. The number of ether oxygens (including phenoxy) is 4. The van der Waals surface area contributed by atoms with Gasteiger partial charge in [0, 0.05) is 33.7 Å². The van der Waals surface area contributed by atoms with Gasteiger partial charge in [-0.2, -0.15) is 0 Å². The summed E-state index contributed by atoms with van der Waals surface area (Å²) in [5.41, 5.74) is 7.81. The zero-order chi connectivity index (χ0) is 43.9. The van der Waals surface area contributed by atoms with E-state index < -0.39 is 36.5 Å². The standard InChI is InChI=1S/C46H54N8O8/c1-26(59-3)40(52-45(57)61-5)43(55)47-20-8-7-11-39-48-34-18-16-32(24-36(34)49-39)30-14-12-29-23-31(15-13-28(29)22-30)33-17-19-35-37(25-33)51-42(50-35)38-10-9-21-54(38)44(56)41(27(2)60-4)53-46(58)62-6/h12-19,22-27,38,40-41H,7-11,20-21H2,1-6H3,(H,47,55)(H,48,49)(H,50,51)(H,52,57)(H,53,58). The topological polar surface area (TPSA) is 202 Å². The number of aromatic amines is 2. The highest BCUT2D eigenvalue weighted by atomic mass is 16.5. The van der Waals surface area contributed by atoms with E-state index in [-0.39, 0.29) is 17.9 Å². The van der Waals surface area contributed by atoms with E-state index in [1.54, 1.807) is 18.7 Å². The van der Waals surface area contributed by atoms with Crippen LogP contribution in [-0.2, 0) is 35.0 Å². The van der Waals surface area contributed by atoms with Gasteiger partial charge in [0.2, 0.25) is 11.8 Å². The predicted molar refractivity (Wildman–Crippen MR) is 235 cm³/mol. The van der Waals surface area contributed by atoms with Crippen molar-refractivity contribution in [3.05, 3.63) is 84.4 Å². The van der Waals surface area contributed by atoms with Gasteiger partial charge in [0.15, 0.2) is 0 Å². The number of hydrogen-bond acceptors (Lipinski definition) is 10. The summed E-state index contributed by atoms with van der Waals surface area (Å²) in [5.74, 6) is 1.01. The molecule has 16 nitrogen and oxygen atoms in total. The van der Waals surface area contributed by atoms with Gasteiger partial charge in [-0.25, -0.2) is 19.6 Å². The van der Waals surface area contributed by atoms with E-state index in [0.717, 1.165) is 93.0 Å². The number of benzene rings is 4. The molecule has 4 amide bonds. The number of alkyl carbamates (subject to hydrolysis) is 2. The van der Waals surface area contributed by atoms with Crippen molar-refractivity contribution in [3.8, 4) is 22.3 Å². The molecule has 1 aliphatic heterocycles. The Morgan fingerprint density at radius 1 is 0.710 bits per heavy atom. The third-order valence-electron chi connectivity index (χ3n) is 11.7. The maximum absolute atomic E-state index is 13.7. The van der Waals surface area contributed by atoms with Crippen LogP contribution in [-0.4, -0.2) is 115 Å². The highest BCUT2D eigenvalue weighted by molar-refractivity contribution is 5.93. The molecule has 62 heavy (non-hydrogen) atoms. The summed E-state index contributed by atoms with van der Waals surface area (Å²) in [4.78, 5) is 68.6. The number of carbonyl (C=O) groups excluding carboxylic acids is 4. The maximum Gasteiger partial charge on any atom is 0.407 e. The average Bonchev–Trinajstić information content (AvgIpc) is 4.06. The fourth-order valence-electron chi connectivity index (χ4n) is 7.98. The first kappa shape index (κ1) is 43.6. The molecule has 0 saturated carbocycles. The van der Waals surface area contributed by atoms with E-state index in [4.69, 9.17) is 24.2 Å². The van der Waals surface area contributed by atoms with Gasteiger partial charge in [0.1, 0.15) is 23.7 Å². The minimum atomic E-state index is -0.898.